The minimum absolute atomic E-state index is 0.0746. The molecule has 3 rings (SSSR count). The van der Waals surface area contributed by atoms with Gasteiger partial charge >= 0.3 is 5.63 Å². The first-order valence-electron chi connectivity index (χ1n) is 8.39. The van der Waals surface area contributed by atoms with Gasteiger partial charge in [0.15, 0.2) is 11.3 Å². The van der Waals surface area contributed by atoms with Crippen LogP contribution in [0, 0.1) is 22.0 Å². The maximum atomic E-state index is 12.8. The number of methoxy groups -OCH3 is 1. The molecule has 0 spiro atoms. The van der Waals surface area contributed by atoms with Crippen LogP contribution in [0.3, 0.4) is 0 Å². The molecule has 2 atom stereocenters. The second-order valence-corrected chi connectivity index (χ2v) is 6.93. The monoisotopic (exact) mass is 360 g/mol. The van der Waals surface area contributed by atoms with Gasteiger partial charge in [-0.1, -0.05) is 13.8 Å². The normalized spacial score (nSPS) is 20.2. The Morgan fingerprint density at radius 1 is 1.27 bits per heavy atom. The van der Waals surface area contributed by atoms with Gasteiger partial charge in [0.2, 0.25) is 0 Å². The molecule has 138 valence electrons. The number of nitrogens with zero attached hydrogens (tertiary/aromatic N) is 2. The number of piperidine rings is 1. The third-order valence-electron chi connectivity index (χ3n) is 4.60. The van der Waals surface area contributed by atoms with Crippen LogP contribution in [-0.4, -0.2) is 35.9 Å². The SMILES string of the molecule is COc1cc([N+](=O)[O-])cc2cc(C(=O)N3C[C@H](C)C[C@@H](C)C3)c(=O)oc12. The number of carbonyl (C=O) groups excluding carboxylic acids is 1. The molecule has 1 aromatic heterocycles. The number of ether oxygens (including phenoxy) is 1. The first-order chi connectivity index (χ1) is 12.3. The van der Waals surface area contributed by atoms with E-state index >= 15 is 0 Å². The molecule has 1 aromatic carbocycles. The van der Waals surface area contributed by atoms with Crippen molar-refractivity contribution in [3.05, 3.63) is 44.3 Å². The van der Waals surface area contributed by atoms with Crippen molar-refractivity contribution in [3.8, 4) is 5.75 Å². The molecule has 26 heavy (non-hydrogen) atoms. The quantitative estimate of drug-likeness (QED) is 0.474. The van der Waals surface area contributed by atoms with Crippen molar-refractivity contribution in [1.82, 2.24) is 4.90 Å². The highest BCUT2D eigenvalue weighted by Crippen LogP contribution is 2.31. The van der Waals surface area contributed by atoms with Gasteiger partial charge in [0, 0.05) is 24.5 Å². The number of nitro groups is 1. The Balaban J connectivity index is 2.09. The van der Waals surface area contributed by atoms with Crippen molar-refractivity contribution in [2.45, 2.75) is 20.3 Å². The van der Waals surface area contributed by atoms with Crippen LogP contribution >= 0.6 is 0 Å². The molecule has 8 heteroatoms. The average Bonchev–Trinajstić information content (AvgIpc) is 2.58. The summed E-state index contributed by atoms with van der Waals surface area (Å²) in [6.07, 6.45) is 1.03. The molecule has 1 aliphatic rings. The van der Waals surface area contributed by atoms with Gasteiger partial charge in [-0.15, -0.1) is 0 Å². The number of benzene rings is 1. The van der Waals surface area contributed by atoms with E-state index in [1.165, 1.54) is 25.3 Å². The molecule has 0 N–H and O–H groups in total. The summed E-state index contributed by atoms with van der Waals surface area (Å²) in [6.45, 7) is 5.26. The van der Waals surface area contributed by atoms with E-state index in [4.69, 9.17) is 9.15 Å². The molecular formula is C18H20N2O6. The van der Waals surface area contributed by atoms with Crippen LogP contribution in [0.15, 0.2) is 27.4 Å². The van der Waals surface area contributed by atoms with Crippen molar-refractivity contribution in [2.24, 2.45) is 11.8 Å². The van der Waals surface area contributed by atoms with E-state index in [-0.39, 0.29) is 28.0 Å². The van der Waals surface area contributed by atoms with Crippen LogP contribution in [0.5, 0.6) is 5.75 Å². The lowest BCUT2D eigenvalue weighted by atomic mass is 9.91. The number of carbonyl (C=O) groups is 1. The van der Waals surface area contributed by atoms with Crippen molar-refractivity contribution in [3.63, 3.8) is 0 Å². The second-order valence-electron chi connectivity index (χ2n) is 6.93. The van der Waals surface area contributed by atoms with Gasteiger partial charge in [0.25, 0.3) is 11.6 Å². The zero-order valence-corrected chi connectivity index (χ0v) is 14.9. The maximum absolute atomic E-state index is 12.8. The number of nitro benzene ring substituents is 1. The summed E-state index contributed by atoms with van der Waals surface area (Å²) in [5.41, 5.74) is -1.02. The minimum Gasteiger partial charge on any atom is -0.493 e. The fourth-order valence-electron chi connectivity index (χ4n) is 3.59. The van der Waals surface area contributed by atoms with E-state index in [0.717, 1.165) is 6.42 Å². The molecular weight excluding hydrogens is 340 g/mol. The minimum atomic E-state index is -0.777. The van der Waals surface area contributed by atoms with Gasteiger partial charge in [-0.2, -0.15) is 0 Å². The van der Waals surface area contributed by atoms with Gasteiger partial charge in [-0.3, -0.25) is 14.9 Å². The van der Waals surface area contributed by atoms with Gasteiger partial charge in [0.1, 0.15) is 5.56 Å². The lowest BCUT2D eigenvalue weighted by Crippen LogP contribution is -2.43. The summed E-state index contributed by atoms with van der Waals surface area (Å²) in [6, 6.07) is 3.79. The molecule has 8 nitrogen and oxygen atoms in total. The largest absolute Gasteiger partial charge is 0.493 e. The molecule has 0 unspecified atom stereocenters. The van der Waals surface area contributed by atoms with Crippen LogP contribution in [-0.2, 0) is 0 Å². The summed E-state index contributed by atoms with van der Waals surface area (Å²) in [5.74, 6) is 0.350. The first kappa shape index (κ1) is 17.9. The third kappa shape index (κ3) is 3.26. The summed E-state index contributed by atoms with van der Waals surface area (Å²) < 4.78 is 10.4. The number of likely N-dealkylation sites (tertiary alicyclic amines) is 1. The summed E-state index contributed by atoms with van der Waals surface area (Å²) in [5, 5.41) is 11.4. The molecule has 0 radical (unpaired) electrons. The fourth-order valence-corrected chi connectivity index (χ4v) is 3.59. The van der Waals surface area contributed by atoms with Crippen molar-refractivity contribution < 1.29 is 18.9 Å². The molecule has 1 amide bonds. The highest BCUT2D eigenvalue weighted by molar-refractivity contribution is 5.98. The van der Waals surface area contributed by atoms with E-state index in [0.29, 0.717) is 24.9 Å². The van der Waals surface area contributed by atoms with E-state index < -0.39 is 16.5 Å². The van der Waals surface area contributed by atoms with Crippen LogP contribution in [0.4, 0.5) is 5.69 Å². The van der Waals surface area contributed by atoms with Gasteiger partial charge in [0.05, 0.1) is 18.1 Å². The second kappa shape index (κ2) is 6.78. The topological polar surface area (TPSA) is 103 Å². The molecule has 1 saturated heterocycles. The van der Waals surface area contributed by atoms with Crippen LogP contribution in [0.25, 0.3) is 11.0 Å². The van der Waals surface area contributed by atoms with E-state index in [1.54, 1.807) is 4.90 Å². The van der Waals surface area contributed by atoms with Crippen LogP contribution < -0.4 is 10.4 Å². The first-order valence-corrected chi connectivity index (χ1v) is 8.39. The van der Waals surface area contributed by atoms with Crippen molar-refractivity contribution in [1.29, 1.82) is 0 Å². The Labute approximate surface area is 149 Å². The third-order valence-corrected chi connectivity index (χ3v) is 4.60. The molecule has 1 aliphatic heterocycles. The van der Waals surface area contributed by atoms with Crippen molar-refractivity contribution >= 4 is 22.6 Å². The molecule has 0 bridgehead atoms. The Bertz CT molecular complexity index is 925. The molecule has 2 aromatic rings. The summed E-state index contributed by atoms with van der Waals surface area (Å²) >= 11 is 0. The number of non-ortho nitro benzene ring substituents is 1. The predicted octanol–water partition coefficient (Wildman–Crippen LogP) is 2.83. The number of fused-ring (bicyclic) bond motifs is 1. The zero-order chi connectivity index (χ0) is 19.0. The highest BCUT2D eigenvalue weighted by Gasteiger charge is 2.28. The smallest absolute Gasteiger partial charge is 0.349 e. The highest BCUT2D eigenvalue weighted by atomic mass is 16.6. The maximum Gasteiger partial charge on any atom is 0.349 e. The standard InChI is InChI=1S/C18H20N2O6/c1-10-4-11(2)9-19(8-10)17(21)14-6-12-5-13(20(23)24)7-15(25-3)16(12)26-18(14)22/h5-7,10-11H,4,8-9H2,1-3H3/t10-,11-/m1/s1. The zero-order valence-electron chi connectivity index (χ0n) is 14.9. The Morgan fingerprint density at radius 2 is 1.92 bits per heavy atom. The van der Waals surface area contributed by atoms with Gasteiger partial charge in [-0.05, 0) is 24.3 Å². The summed E-state index contributed by atoms with van der Waals surface area (Å²) in [4.78, 5) is 37.4. The van der Waals surface area contributed by atoms with E-state index in [9.17, 15) is 19.7 Å². The number of rotatable bonds is 3. The average molecular weight is 360 g/mol. The lowest BCUT2D eigenvalue weighted by molar-refractivity contribution is -0.384. The number of hydrogen-bond donors (Lipinski definition) is 0. The lowest BCUT2D eigenvalue weighted by Gasteiger charge is -2.34. The Kier molecular flexibility index (Phi) is 4.67. The van der Waals surface area contributed by atoms with Gasteiger partial charge in [-0.25, -0.2) is 4.79 Å². The van der Waals surface area contributed by atoms with Crippen LogP contribution in [0.1, 0.15) is 30.6 Å². The van der Waals surface area contributed by atoms with E-state index in [1.807, 2.05) is 0 Å². The Morgan fingerprint density at radius 3 is 2.50 bits per heavy atom. The molecule has 2 heterocycles. The summed E-state index contributed by atoms with van der Waals surface area (Å²) in [7, 11) is 1.33. The number of hydrogen-bond acceptors (Lipinski definition) is 6. The van der Waals surface area contributed by atoms with Crippen LogP contribution in [0.2, 0.25) is 0 Å². The predicted molar refractivity (Wildman–Crippen MR) is 94.5 cm³/mol. The fraction of sp³-hybridized carbons (Fsp3) is 0.444. The number of amides is 1. The van der Waals surface area contributed by atoms with Gasteiger partial charge < -0.3 is 14.1 Å². The van der Waals surface area contributed by atoms with E-state index in [2.05, 4.69) is 13.8 Å². The molecule has 0 saturated carbocycles. The molecule has 0 aliphatic carbocycles. The molecule has 1 fully saturated rings. The van der Waals surface area contributed by atoms with Crippen molar-refractivity contribution in [2.75, 3.05) is 20.2 Å². The Hall–Kier alpha value is -2.90.